The molecule has 1 aliphatic carbocycles. The molecule has 1 aliphatic heterocycles. The Bertz CT molecular complexity index is 2000. The van der Waals surface area contributed by atoms with Gasteiger partial charge in [-0.3, -0.25) is 14.6 Å². The summed E-state index contributed by atoms with van der Waals surface area (Å²) in [7, 11) is 1.44. The molecule has 4 aromatic rings. The van der Waals surface area contributed by atoms with Crippen molar-refractivity contribution in [1.29, 1.82) is 0 Å². The smallest absolute Gasteiger partial charge is 0.251 e. The number of rotatable bonds is 10. The van der Waals surface area contributed by atoms with Gasteiger partial charge < -0.3 is 31.4 Å². The number of hydrogen-bond donors (Lipinski definition) is 4. The number of methoxy groups -OCH3 is 1. The monoisotopic (exact) mass is 695 g/mol. The van der Waals surface area contributed by atoms with E-state index in [1.165, 1.54) is 30.6 Å². The van der Waals surface area contributed by atoms with Crippen LogP contribution < -0.4 is 26.3 Å². The van der Waals surface area contributed by atoms with Crippen LogP contribution in [-0.2, 0) is 15.8 Å². The van der Waals surface area contributed by atoms with Crippen molar-refractivity contribution in [2.45, 2.75) is 43.7 Å². The highest BCUT2D eigenvalue weighted by Gasteiger charge is 2.46. The van der Waals surface area contributed by atoms with E-state index in [9.17, 15) is 19.1 Å². The SMILES string of the molecule is COc1cc(C(=O)NC[C@@](O)(c2cc3c(c(-c4cc(Cl)c(F)cc4F)n2)OC[C@]3(C)C(N)=O)c2cc(C)cs2)cc(C=NC2CC2)c1N. The third-order valence-electron chi connectivity index (χ3n) is 8.58. The topological polar surface area (TPSA) is 162 Å². The number of ether oxygens (including phenoxy) is 2. The number of thiophene rings is 1. The number of pyridine rings is 1. The molecule has 2 atom stereocenters. The minimum atomic E-state index is -2.02. The fourth-order valence-electron chi connectivity index (χ4n) is 5.41. The van der Waals surface area contributed by atoms with Crippen LogP contribution in [0.1, 0.15) is 57.4 Å². The predicted molar refractivity (Wildman–Crippen MR) is 179 cm³/mol. The first kappa shape index (κ1) is 33.3. The molecule has 1 fully saturated rings. The molecule has 10 nitrogen and oxygen atoms in total. The number of hydrogen-bond acceptors (Lipinski definition) is 9. The summed E-state index contributed by atoms with van der Waals surface area (Å²) in [5.74, 6) is -2.97. The fourth-order valence-corrected chi connectivity index (χ4v) is 6.58. The standard InChI is InChI=1S/C34H32ClF2N5O5S/c1-16-6-27(48-13-16)34(45,14-41-31(43)17-7-18(12-40-19-4-5-19)28(38)25(8-17)46-3)26-10-21-30(47-15-33(21,2)32(39)44)29(42-26)20-9-22(35)24(37)11-23(20)36/h6-13,19,45H,4-5,14-15,38H2,1-3H3,(H2,39,44)(H,41,43)/t33-,34+/m0/s1. The molecular formula is C34H32ClF2N5O5S. The van der Waals surface area contributed by atoms with Crippen LogP contribution in [0.3, 0.4) is 0 Å². The number of nitrogens with two attached hydrogens (primary N) is 2. The Labute approximate surface area is 283 Å². The number of nitrogens with zero attached hydrogens (tertiary/aromatic N) is 2. The van der Waals surface area contributed by atoms with Gasteiger partial charge in [-0.2, -0.15) is 0 Å². The van der Waals surface area contributed by atoms with E-state index in [2.05, 4.69) is 15.3 Å². The number of carbonyl (C=O) groups excluding carboxylic acids is 2. The van der Waals surface area contributed by atoms with Crippen LogP contribution in [0.15, 0.2) is 46.8 Å². The van der Waals surface area contributed by atoms with Gasteiger partial charge in [0.25, 0.3) is 5.91 Å². The summed E-state index contributed by atoms with van der Waals surface area (Å²) in [6.45, 7) is 2.79. The molecule has 2 aromatic carbocycles. The number of carbonyl (C=O) groups is 2. The Balaban J connectivity index is 1.46. The molecule has 3 heterocycles. The molecule has 0 unspecified atom stereocenters. The Morgan fingerprint density at radius 2 is 2.00 bits per heavy atom. The number of fused-ring (bicyclic) bond motifs is 1. The zero-order chi connectivity index (χ0) is 34.5. The molecule has 2 aliphatic rings. The maximum Gasteiger partial charge on any atom is 0.251 e. The van der Waals surface area contributed by atoms with Crippen molar-refractivity contribution in [3.05, 3.63) is 91.3 Å². The summed E-state index contributed by atoms with van der Waals surface area (Å²) in [6.07, 6.45) is 3.59. The number of primary amides is 1. The van der Waals surface area contributed by atoms with E-state index < -0.39 is 41.0 Å². The summed E-state index contributed by atoms with van der Waals surface area (Å²) in [6, 6.07) is 8.13. The quantitative estimate of drug-likeness (QED) is 0.103. The molecule has 0 saturated heterocycles. The lowest BCUT2D eigenvalue weighted by molar-refractivity contribution is -0.123. The molecule has 2 amide bonds. The van der Waals surface area contributed by atoms with E-state index in [4.69, 9.17) is 32.5 Å². The number of benzene rings is 2. The molecule has 0 spiro atoms. The van der Waals surface area contributed by atoms with Crippen LogP contribution in [0.25, 0.3) is 11.3 Å². The summed E-state index contributed by atoms with van der Waals surface area (Å²) >= 11 is 7.25. The molecule has 48 heavy (non-hydrogen) atoms. The number of nitrogens with one attached hydrogen (secondary N) is 1. The average Bonchev–Trinajstić information content (AvgIpc) is 3.68. The second kappa shape index (κ2) is 12.5. The van der Waals surface area contributed by atoms with Gasteiger partial charge >= 0.3 is 0 Å². The van der Waals surface area contributed by atoms with Crippen LogP contribution in [0, 0.1) is 18.6 Å². The number of anilines is 1. The molecule has 14 heteroatoms. The molecule has 0 radical (unpaired) electrons. The second-order valence-corrected chi connectivity index (χ2v) is 13.5. The molecule has 2 aromatic heterocycles. The lowest BCUT2D eigenvalue weighted by Gasteiger charge is -2.29. The Kier molecular flexibility index (Phi) is 8.65. The van der Waals surface area contributed by atoms with E-state index >= 15 is 4.39 Å². The van der Waals surface area contributed by atoms with Gasteiger partial charge in [0.15, 0.2) is 5.60 Å². The number of aliphatic hydroxyl groups is 1. The summed E-state index contributed by atoms with van der Waals surface area (Å²) in [5.41, 5.74) is 10.3. The van der Waals surface area contributed by atoms with Gasteiger partial charge in [0.2, 0.25) is 5.91 Å². The van der Waals surface area contributed by atoms with E-state index in [-0.39, 0.29) is 57.2 Å². The zero-order valence-electron chi connectivity index (χ0n) is 26.2. The lowest BCUT2D eigenvalue weighted by atomic mass is 9.81. The van der Waals surface area contributed by atoms with Gasteiger partial charge in [-0.25, -0.2) is 13.8 Å². The van der Waals surface area contributed by atoms with Crippen molar-refractivity contribution in [2.75, 3.05) is 26.0 Å². The van der Waals surface area contributed by atoms with Gasteiger partial charge in [-0.1, -0.05) is 11.6 Å². The van der Waals surface area contributed by atoms with Crippen molar-refractivity contribution in [1.82, 2.24) is 10.3 Å². The van der Waals surface area contributed by atoms with Crippen molar-refractivity contribution in [3.8, 4) is 22.8 Å². The third kappa shape index (κ3) is 5.97. The van der Waals surface area contributed by atoms with E-state index in [1.807, 2.05) is 12.3 Å². The fraction of sp³-hybridized carbons (Fsp3) is 0.294. The first-order valence-corrected chi connectivity index (χ1v) is 16.2. The van der Waals surface area contributed by atoms with Gasteiger partial charge in [0.05, 0.1) is 36.1 Å². The number of aromatic nitrogens is 1. The van der Waals surface area contributed by atoms with Crippen LogP contribution in [-0.4, -0.2) is 54.4 Å². The number of amides is 2. The summed E-state index contributed by atoms with van der Waals surface area (Å²) < 4.78 is 40.8. The molecule has 6 N–H and O–H groups in total. The summed E-state index contributed by atoms with van der Waals surface area (Å²) in [4.78, 5) is 35.9. The maximum atomic E-state index is 15.3. The number of aryl methyl sites for hydroxylation is 1. The Hall–Kier alpha value is -4.59. The number of aliphatic imine (C=N–C) groups is 1. The largest absolute Gasteiger partial charge is 0.495 e. The highest BCUT2D eigenvalue weighted by molar-refractivity contribution is 7.10. The normalized spacial score (nSPS) is 18.3. The van der Waals surface area contributed by atoms with Crippen LogP contribution in [0.4, 0.5) is 14.5 Å². The van der Waals surface area contributed by atoms with Crippen molar-refractivity contribution >= 4 is 46.7 Å². The first-order valence-electron chi connectivity index (χ1n) is 15.0. The van der Waals surface area contributed by atoms with Gasteiger partial charge in [-0.05, 0) is 68.0 Å². The lowest BCUT2D eigenvalue weighted by Crippen LogP contribution is -2.43. The molecule has 1 saturated carbocycles. The zero-order valence-corrected chi connectivity index (χ0v) is 27.8. The number of halogens is 3. The van der Waals surface area contributed by atoms with Gasteiger partial charge in [0, 0.05) is 39.4 Å². The maximum absolute atomic E-state index is 15.3. The first-order chi connectivity index (χ1) is 22.7. The third-order valence-corrected chi connectivity index (χ3v) is 10.1. The predicted octanol–water partition coefficient (Wildman–Crippen LogP) is 5.02. The molecule has 6 rings (SSSR count). The van der Waals surface area contributed by atoms with Crippen LogP contribution in [0.5, 0.6) is 11.5 Å². The Morgan fingerprint density at radius 3 is 2.65 bits per heavy atom. The molecular weight excluding hydrogens is 664 g/mol. The van der Waals surface area contributed by atoms with E-state index in [0.717, 1.165) is 24.5 Å². The highest BCUT2D eigenvalue weighted by atomic mass is 35.5. The van der Waals surface area contributed by atoms with Crippen molar-refractivity contribution in [2.24, 2.45) is 10.7 Å². The van der Waals surface area contributed by atoms with E-state index in [1.54, 1.807) is 25.3 Å². The highest BCUT2D eigenvalue weighted by Crippen LogP contribution is 2.47. The molecule has 0 bridgehead atoms. The van der Waals surface area contributed by atoms with Gasteiger partial charge in [0.1, 0.15) is 40.8 Å². The second-order valence-electron chi connectivity index (χ2n) is 12.2. The van der Waals surface area contributed by atoms with Crippen LogP contribution >= 0.6 is 22.9 Å². The number of nitrogen functional groups attached to an aromatic ring is 1. The summed E-state index contributed by atoms with van der Waals surface area (Å²) in [5, 5.41) is 16.7. The van der Waals surface area contributed by atoms with Crippen LogP contribution in [0.2, 0.25) is 5.02 Å². The average molecular weight is 696 g/mol. The molecule has 250 valence electrons. The Morgan fingerprint density at radius 1 is 1.25 bits per heavy atom. The van der Waals surface area contributed by atoms with Crippen molar-refractivity contribution in [3.63, 3.8) is 0 Å². The van der Waals surface area contributed by atoms with Gasteiger partial charge in [-0.15, -0.1) is 11.3 Å². The minimum Gasteiger partial charge on any atom is -0.495 e. The van der Waals surface area contributed by atoms with E-state index in [0.29, 0.717) is 22.2 Å². The van der Waals surface area contributed by atoms with Crippen molar-refractivity contribution < 1.29 is 33.0 Å². The minimum absolute atomic E-state index is 0.0322.